The van der Waals surface area contributed by atoms with Gasteiger partial charge < -0.3 is 14.4 Å². The van der Waals surface area contributed by atoms with Gasteiger partial charge in [0.05, 0.1) is 5.60 Å². The van der Waals surface area contributed by atoms with Crippen LogP contribution < -0.4 is 0 Å². The van der Waals surface area contributed by atoms with E-state index in [1.807, 2.05) is 6.92 Å². The van der Waals surface area contributed by atoms with Gasteiger partial charge in [-0.1, -0.05) is 11.6 Å². The lowest BCUT2D eigenvalue weighted by Crippen LogP contribution is -2.49. The smallest absolute Gasteiger partial charge is 0.226 e. The molecule has 1 unspecified atom stereocenters. The van der Waals surface area contributed by atoms with E-state index >= 15 is 0 Å². The van der Waals surface area contributed by atoms with E-state index < -0.39 is 0 Å². The number of ether oxygens (including phenoxy) is 2. The van der Waals surface area contributed by atoms with Gasteiger partial charge in [-0.25, -0.2) is 0 Å². The Kier molecular flexibility index (Phi) is 6.34. The van der Waals surface area contributed by atoms with Crippen LogP contribution in [0.25, 0.3) is 0 Å². The Morgan fingerprint density at radius 1 is 1.38 bits per heavy atom. The van der Waals surface area contributed by atoms with E-state index in [1.54, 1.807) is 0 Å². The minimum absolute atomic E-state index is 0.0119. The van der Waals surface area contributed by atoms with Gasteiger partial charge in [-0.15, -0.1) is 0 Å². The molecule has 2 fully saturated rings. The van der Waals surface area contributed by atoms with E-state index in [-0.39, 0.29) is 5.60 Å². The Hall–Kier alpha value is -0.870. The Bertz CT molecular complexity index is 452. The fraction of sp³-hybridized carbons (Fsp3) is 0.850. The minimum Gasteiger partial charge on any atom is -0.382 e. The zero-order valence-corrected chi connectivity index (χ0v) is 15.2. The molecule has 24 heavy (non-hydrogen) atoms. The third-order valence-electron chi connectivity index (χ3n) is 6.14. The molecule has 3 rings (SSSR count). The lowest BCUT2D eigenvalue weighted by Gasteiger charge is -2.42. The molecule has 4 nitrogen and oxygen atoms in total. The molecule has 136 valence electrons. The molecule has 4 heteroatoms. The molecule has 0 aromatic heterocycles. The average molecular weight is 335 g/mol. The third kappa shape index (κ3) is 4.20. The molecule has 3 aliphatic rings. The van der Waals surface area contributed by atoms with Crippen molar-refractivity contribution >= 4 is 5.91 Å². The zero-order chi connectivity index (χ0) is 16.8. The van der Waals surface area contributed by atoms with Crippen LogP contribution in [0.1, 0.15) is 64.7 Å². The predicted molar refractivity (Wildman–Crippen MR) is 94.9 cm³/mol. The van der Waals surface area contributed by atoms with Gasteiger partial charge in [-0.2, -0.15) is 0 Å². The van der Waals surface area contributed by atoms with Gasteiger partial charge in [0.25, 0.3) is 0 Å². The highest BCUT2D eigenvalue weighted by molar-refractivity contribution is 5.78. The first-order chi connectivity index (χ1) is 11.7. The summed E-state index contributed by atoms with van der Waals surface area (Å²) in [5.74, 6) is 0.921. The van der Waals surface area contributed by atoms with Crippen LogP contribution in [0, 0.1) is 5.92 Å². The Balaban J connectivity index is 1.49. The summed E-state index contributed by atoms with van der Waals surface area (Å²) in [4.78, 5) is 14.7. The second-order valence-electron chi connectivity index (χ2n) is 7.55. The van der Waals surface area contributed by atoms with Crippen LogP contribution in [0.15, 0.2) is 11.6 Å². The van der Waals surface area contributed by atoms with Crippen molar-refractivity contribution in [3.63, 3.8) is 0 Å². The van der Waals surface area contributed by atoms with Crippen molar-refractivity contribution in [2.75, 3.05) is 32.9 Å². The fourth-order valence-electron chi connectivity index (χ4n) is 4.62. The average Bonchev–Trinajstić information content (AvgIpc) is 2.99. The first-order valence-electron chi connectivity index (χ1n) is 9.91. The van der Waals surface area contributed by atoms with Gasteiger partial charge in [0.15, 0.2) is 0 Å². The number of hydrogen-bond acceptors (Lipinski definition) is 3. The maximum absolute atomic E-state index is 12.6. The van der Waals surface area contributed by atoms with Crippen LogP contribution in [0.4, 0.5) is 0 Å². The lowest BCUT2D eigenvalue weighted by atomic mass is 9.78. The molecule has 1 aliphatic carbocycles. The zero-order valence-electron chi connectivity index (χ0n) is 15.2. The van der Waals surface area contributed by atoms with Gasteiger partial charge in [0.1, 0.15) is 0 Å². The number of hydrogen-bond donors (Lipinski definition) is 0. The van der Waals surface area contributed by atoms with Crippen molar-refractivity contribution in [3.05, 3.63) is 11.6 Å². The summed E-state index contributed by atoms with van der Waals surface area (Å²) in [6, 6.07) is 0. The van der Waals surface area contributed by atoms with E-state index in [1.165, 1.54) is 18.4 Å². The fourth-order valence-corrected chi connectivity index (χ4v) is 4.62. The second kappa shape index (κ2) is 8.48. The molecule has 2 aliphatic heterocycles. The molecular formula is C20H33NO3. The topological polar surface area (TPSA) is 38.8 Å². The van der Waals surface area contributed by atoms with Crippen LogP contribution >= 0.6 is 0 Å². The number of carbonyl (C=O) groups excluding carboxylic acids is 1. The summed E-state index contributed by atoms with van der Waals surface area (Å²) >= 11 is 0. The highest BCUT2D eigenvalue weighted by Crippen LogP contribution is 2.42. The third-order valence-corrected chi connectivity index (χ3v) is 6.14. The standard InChI is InChI=1S/C20H33NO3/c1-2-23-14-8-18-9-15-24-20(18)10-12-21(13-11-20)19(22)16-17-6-4-3-5-7-17/h6,18H,2-5,7-16H2,1H3. The summed E-state index contributed by atoms with van der Waals surface area (Å²) in [5, 5.41) is 0. The number of likely N-dealkylation sites (tertiary alicyclic amines) is 1. The molecule has 1 spiro atoms. The molecule has 0 bridgehead atoms. The number of amides is 1. The lowest BCUT2D eigenvalue weighted by molar-refractivity contribution is -0.137. The van der Waals surface area contributed by atoms with Crippen molar-refractivity contribution < 1.29 is 14.3 Å². The molecule has 0 N–H and O–H groups in total. The van der Waals surface area contributed by atoms with E-state index in [2.05, 4.69) is 11.0 Å². The van der Waals surface area contributed by atoms with E-state index in [4.69, 9.17) is 9.47 Å². The maximum atomic E-state index is 12.6. The molecule has 0 saturated carbocycles. The largest absolute Gasteiger partial charge is 0.382 e. The van der Waals surface area contributed by atoms with Crippen molar-refractivity contribution in [1.82, 2.24) is 4.90 Å². The van der Waals surface area contributed by atoms with Crippen LogP contribution in [-0.2, 0) is 14.3 Å². The number of nitrogens with zero attached hydrogens (tertiary/aromatic N) is 1. The summed E-state index contributed by atoms with van der Waals surface area (Å²) in [6.45, 7) is 6.26. The predicted octanol–water partition coefficient (Wildman–Crippen LogP) is 3.70. The summed E-state index contributed by atoms with van der Waals surface area (Å²) in [5.41, 5.74) is 1.37. The van der Waals surface area contributed by atoms with Gasteiger partial charge in [-0.05, 0) is 64.2 Å². The summed E-state index contributed by atoms with van der Waals surface area (Å²) < 4.78 is 11.7. The van der Waals surface area contributed by atoms with Crippen LogP contribution in [0.2, 0.25) is 0 Å². The summed E-state index contributed by atoms with van der Waals surface area (Å²) in [6.07, 6.45) is 12.0. The molecule has 0 radical (unpaired) electrons. The van der Waals surface area contributed by atoms with E-state index in [0.717, 1.165) is 71.4 Å². The molecule has 0 aromatic rings. The van der Waals surface area contributed by atoms with Crippen molar-refractivity contribution in [2.24, 2.45) is 5.92 Å². The van der Waals surface area contributed by atoms with Crippen LogP contribution in [0.3, 0.4) is 0 Å². The molecule has 0 aromatic carbocycles. The van der Waals surface area contributed by atoms with E-state index in [0.29, 0.717) is 18.2 Å². The normalized spacial score (nSPS) is 26.6. The SMILES string of the molecule is CCOCCC1CCOC12CCN(C(=O)CC1=CCCCC1)CC2. The van der Waals surface area contributed by atoms with Crippen LogP contribution in [0.5, 0.6) is 0 Å². The van der Waals surface area contributed by atoms with E-state index in [9.17, 15) is 4.79 Å². The molecular weight excluding hydrogens is 302 g/mol. The first kappa shape index (κ1) is 17.9. The van der Waals surface area contributed by atoms with Gasteiger partial charge in [0, 0.05) is 39.3 Å². The first-order valence-corrected chi connectivity index (χ1v) is 9.91. The molecule has 2 heterocycles. The number of rotatable bonds is 6. The van der Waals surface area contributed by atoms with Gasteiger partial charge in [0.2, 0.25) is 5.91 Å². The highest BCUT2D eigenvalue weighted by Gasteiger charge is 2.46. The Morgan fingerprint density at radius 3 is 2.92 bits per heavy atom. The molecule has 1 atom stereocenters. The number of carbonyl (C=O) groups is 1. The minimum atomic E-state index is 0.0119. The maximum Gasteiger partial charge on any atom is 0.226 e. The van der Waals surface area contributed by atoms with Crippen molar-refractivity contribution in [1.29, 1.82) is 0 Å². The number of piperidine rings is 1. The van der Waals surface area contributed by atoms with Gasteiger partial charge >= 0.3 is 0 Å². The van der Waals surface area contributed by atoms with Crippen LogP contribution in [-0.4, -0.2) is 49.3 Å². The quantitative estimate of drug-likeness (QED) is 0.549. The second-order valence-corrected chi connectivity index (χ2v) is 7.55. The monoisotopic (exact) mass is 335 g/mol. The Morgan fingerprint density at radius 2 is 2.21 bits per heavy atom. The van der Waals surface area contributed by atoms with Gasteiger partial charge in [-0.3, -0.25) is 4.79 Å². The van der Waals surface area contributed by atoms with Crippen molar-refractivity contribution in [2.45, 2.75) is 70.3 Å². The molecule has 1 amide bonds. The van der Waals surface area contributed by atoms with Crippen molar-refractivity contribution in [3.8, 4) is 0 Å². The summed E-state index contributed by atoms with van der Waals surface area (Å²) in [7, 11) is 0. The Labute approximate surface area is 146 Å². The highest BCUT2D eigenvalue weighted by atomic mass is 16.5. The molecule has 2 saturated heterocycles. The number of allylic oxidation sites excluding steroid dienone is 1.